The van der Waals surface area contributed by atoms with Crippen LogP contribution in [0.1, 0.15) is 0 Å². The van der Waals surface area contributed by atoms with Crippen LogP contribution in [-0.4, -0.2) is 44.8 Å². The van der Waals surface area contributed by atoms with E-state index in [-0.39, 0.29) is 36.9 Å². The number of carbonyl (C=O) groups is 1. The first kappa shape index (κ1) is 16.5. The van der Waals surface area contributed by atoms with Gasteiger partial charge in [0.2, 0.25) is 5.91 Å². The molecule has 0 fully saturated rings. The van der Waals surface area contributed by atoms with Crippen molar-refractivity contribution in [1.82, 2.24) is 0 Å². The Labute approximate surface area is 121 Å². The Balaban J connectivity index is 2.79. The zero-order valence-electron chi connectivity index (χ0n) is 11.8. The van der Waals surface area contributed by atoms with E-state index in [4.69, 9.17) is 19.9 Å². The van der Waals surface area contributed by atoms with E-state index in [0.29, 0.717) is 5.75 Å². The molecule has 0 aromatic heterocycles. The zero-order valence-corrected chi connectivity index (χ0v) is 11.8. The summed E-state index contributed by atoms with van der Waals surface area (Å²) in [6, 6.07) is 2.73. The molecule has 0 saturated heterocycles. The number of nitro groups is 1. The number of amides is 1. The van der Waals surface area contributed by atoms with Crippen molar-refractivity contribution in [3.63, 3.8) is 0 Å². The summed E-state index contributed by atoms with van der Waals surface area (Å²) in [6.07, 6.45) is 0. The number of nitro benzene ring substituents is 1. The first-order chi connectivity index (χ1) is 9.99. The minimum absolute atomic E-state index is 0.150. The van der Waals surface area contributed by atoms with Gasteiger partial charge in [-0.25, -0.2) is 0 Å². The number of methoxy groups -OCH3 is 2. The molecule has 9 heteroatoms. The van der Waals surface area contributed by atoms with Crippen molar-refractivity contribution in [2.45, 2.75) is 0 Å². The van der Waals surface area contributed by atoms with Crippen LogP contribution in [0.5, 0.6) is 11.5 Å². The summed E-state index contributed by atoms with van der Waals surface area (Å²) < 4.78 is 15.1. The maximum Gasteiger partial charge on any atom is 0.296 e. The average molecular weight is 299 g/mol. The third kappa shape index (κ3) is 4.80. The van der Waals surface area contributed by atoms with Crippen LogP contribution in [0, 0.1) is 10.1 Å². The predicted molar refractivity (Wildman–Crippen MR) is 74.7 cm³/mol. The minimum atomic E-state index is -0.577. The normalized spacial score (nSPS) is 10.0. The first-order valence-corrected chi connectivity index (χ1v) is 6.00. The maximum atomic E-state index is 11.0. The molecule has 0 aliphatic heterocycles. The highest BCUT2D eigenvalue weighted by atomic mass is 16.6. The Kier molecular flexibility index (Phi) is 6.21. The molecule has 0 atom stereocenters. The number of ether oxygens (including phenoxy) is 3. The lowest BCUT2D eigenvalue weighted by atomic mass is 10.2. The summed E-state index contributed by atoms with van der Waals surface area (Å²) in [5, 5.41) is 13.9. The van der Waals surface area contributed by atoms with Gasteiger partial charge in [0.05, 0.1) is 31.8 Å². The highest BCUT2D eigenvalue weighted by Gasteiger charge is 2.19. The molecule has 0 aliphatic rings. The molecule has 0 heterocycles. The molecule has 0 bridgehead atoms. The molecule has 21 heavy (non-hydrogen) atoms. The van der Waals surface area contributed by atoms with Crippen molar-refractivity contribution in [2.24, 2.45) is 5.73 Å². The van der Waals surface area contributed by atoms with Gasteiger partial charge in [-0.3, -0.25) is 14.9 Å². The quantitative estimate of drug-likeness (QED) is 0.387. The number of benzene rings is 1. The molecule has 0 spiro atoms. The molecule has 9 nitrogen and oxygen atoms in total. The number of nitrogens with one attached hydrogen (secondary N) is 1. The largest absolute Gasteiger partial charge is 0.493 e. The average Bonchev–Trinajstić information content (AvgIpc) is 2.45. The smallest absolute Gasteiger partial charge is 0.296 e. The SMILES string of the molecule is COc1cc(NCCOCC(N)=O)c([N+](=O)[O-])cc1OC. The lowest BCUT2D eigenvalue weighted by Crippen LogP contribution is -2.20. The highest BCUT2D eigenvalue weighted by molar-refractivity contribution is 5.75. The lowest BCUT2D eigenvalue weighted by Gasteiger charge is -2.12. The molecule has 0 unspecified atom stereocenters. The molecule has 3 N–H and O–H groups in total. The van der Waals surface area contributed by atoms with E-state index in [1.807, 2.05) is 0 Å². The van der Waals surface area contributed by atoms with Crippen LogP contribution in [0.15, 0.2) is 12.1 Å². The number of anilines is 1. The first-order valence-electron chi connectivity index (χ1n) is 6.00. The van der Waals surface area contributed by atoms with Gasteiger partial charge in [-0.1, -0.05) is 0 Å². The number of hydrogen-bond donors (Lipinski definition) is 2. The van der Waals surface area contributed by atoms with Gasteiger partial charge in [-0.15, -0.1) is 0 Å². The van der Waals surface area contributed by atoms with E-state index >= 15 is 0 Å². The summed E-state index contributed by atoms with van der Waals surface area (Å²) in [5.74, 6) is 0.0514. The van der Waals surface area contributed by atoms with Crippen molar-refractivity contribution in [3.05, 3.63) is 22.2 Å². The van der Waals surface area contributed by atoms with Crippen molar-refractivity contribution >= 4 is 17.3 Å². The lowest BCUT2D eigenvalue weighted by molar-refractivity contribution is -0.384. The third-order valence-electron chi connectivity index (χ3n) is 2.50. The van der Waals surface area contributed by atoms with Crippen molar-refractivity contribution in [1.29, 1.82) is 0 Å². The van der Waals surface area contributed by atoms with E-state index in [2.05, 4.69) is 5.32 Å². The predicted octanol–water partition coefficient (Wildman–Crippen LogP) is 0.526. The Morgan fingerprint density at radius 2 is 1.95 bits per heavy atom. The van der Waals surface area contributed by atoms with Crippen molar-refractivity contribution < 1.29 is 23.9 Å². The van der Waals surface area contributed by atoms with E-state index in [1.165, 1.54) is 26.4 Å². The third-order valence-corrected chi connectivity index (χ3v) is 2.50. The van der Waals surface area contributed by atoms with Crippen molar-refractivity contribution in [3.8, 4) is 11.5 Å². The fourth-order valence-electron chi connectivity index (χ4n) is 1.59. The van der Waals surface area contributed by atoms with E-state index in [0.717, 1.165) is 0 Å². The number of hydrogen-bond acceptors (Lipinski definition) is 7. The molecule has 1 rings (SSSR count). The Bertz CT molecular complexity index is 520. The van der Waals surface area contributed by atoms with Gasteiger partial charge in [-0.2, -0.15) is 0 Å². The highest BCUT2D eigenvalue weighted by Crippen LogP contribution is 2.37. The van der Waals surface area contributed by atoms with Gasteiger partial charge in [-0.05, 0) is 0 Å². The Morgan fingerprint density at radius 1 is 1.33 bits per heavy atom. The molecule has 0 saturated carbocycles. The molecule has 1 aromatic carbocycles. The van der Waals surface area contributed by atoms with Gasteiger partial charge in [0.25, 0.3) is 5.69 Å². The second kappa shape index (κ2) is 7.90. The minimum Gasteiger partial charge on any atom is -0.493 e. The number of primary amides is 1. The summed E-state index contributed by atoms with van der Waals surface area (Å²) in [4.78, 5) is 21.0. The van der Waals surface area contributed by atoms with Crippen LogP contribution in [0.4, 0.5) is 11.4 Å². The molecular formula is C12H17N3O6. The fraction of sp³-hybridized carbons (Fsp3) is 0.417. The second-order valence-corrected chi connectivity index (χ2v) is 3.93. The van der Waals surface area contributed by atoms with Gasteiger partial charge in [0.15, 0.2) is 11.5 Å². The standard InChI is InChI=1S/C12H17N3O6/c1-19-10-5-8(14-3-4-21-7-12(13)16)9(15(17)18)6-11(10)20-2/h5-6,14H,3-4,7H2,1-2H3,(H2,13,16). The zero-order chi connectivity index (χ0) is 15.8. The monoisotopic (exact) mass is 299 g/mol. The number of carbonyl (C=O) groups excluding carboxylic acids is 1. The van der Waals surface area contributed by atoms with Crippen LogP contribution >= 0.6 is 0 Å². The molecule has 1 aromatic rings. The summed E-state index contributed by atoms with van der Waals surface area (Å²) in [5.41, 5.74) is 5.03. The Morgan fingerprint density at radius 3 is 2.48 bits per heavy atom. The molecule has 1 amide bonds. The van der Waals surface area contributed by atoms with Crippen LogP contribution in [0.2, 0.25) is 0 Å². The van der Waals surface area contributed by atoms with Crippen LogP contribution in [0.25, 0.3) is 0 Å². The molecular weight excluding hydrogens is 282 g/mol. The number of rotatable bonds is 9. The van der Waals surface area contributed by atoms with E-state index in [1.54, 1.807) is 0 Å². The van der Waals surface area contributed by atoms with Crippen LogP contribution in [-0.2, 0) is 9.53 Å². The summed E-state index contributed by atoms with van der Waals surface area (Å²) in [6.45, 7) is 0.244. The van der Waals surface area contributed by atoms with Crippen LogP contribution in [0.3, 0.4) is 0 Å². The summed E-state index contributed by atoms with van der Waals surface area (Å²) >= 11 is 0. The van der Waals surface area contributed by atoms with Gasteiger partial charge < -0.3 is 25.3 Å². The van der Waals surface area contributed by atoms with E-state index in [9.17, 15) is 14.9 Å². The van der Waals surface area contributed by atoms with Gasteiger partial charge in [0.1, 0.15) is 12.3 Å². The molecule has 116 valence electrons. The fourth-order valence-corrected chi connectivity index (χ4v) is 1.59. The second-order valence-electron chi connectivity index (χ2n) is 3.93. The summed E-state index contributed by atoms with van der Waals surface area (Å²) in [7, 11) is 2.83. The number of nitrogens with two attached hydrogens (primary N) is 1. The maximum absolute atomic E-state index is 11.0. The van der Waals surface area contributed by atoms with Crippen LogP contribution < -0.4 is 20.5 Å². The topological polar surface area (TPSA) is 126 Å². The van der Waals surface area contributed by atoms with Crippen molar-refractivity contribution in [2.75, 3.05) is 39.3 Å². The molecule has 0 radical (unpaired) electrons. The van der Waals surface area contributed by atoms with Gasteiger partial charge in [0, 0.05) is 12.6 Å². The molecule has 0 aliphatic carbocycles. The Hall–Kier alpha value is -2.55. The van der Waals surface area contributed by atoms with E-state index < -0.39 is 10.8 Å². The van der Waals surface area contributed by atoms with Gasteiger partial charge >= 0.3 is 0 Å². The number of nitrogens with zero attached hydrogens (tertiary/aromatic N) is 1.